The van der Waals surface area contributed by atoms with Crippen LogP contribution < -0.4 is 19.7 Å². The number of amides is 4. The predicted molar refractivity (Wildman–Crippen MR) is 139 cm³/mol. The number of hydrogen-bond donors (Lipinski definition) is 1. The Morgan fingerprint density at radius 3 is 2.39 bits per heavy atom. The quantitative estimate of drug-likeness (QED) is 0.305. The maximum atomic E-state index is 13.2. The van der Waals surface area contributed by atoms with Crippen molar-refractivity contribution >= 4 is 52.8 Å². The lowest BCUT2D eigenvalue weighted by atomic mass is 10.1. The molecule has 3 aromatic rings. The standard InChI is InChI=1S/C27H22Cl2N2O5/c1-3-35-23-13-18(12-22(29)24(23)36-15-17-7-5-4-6-8-17)11-20-25(32)30-27(34)31(26(20)33)19-10-9-16(2)21(28)14-19/h4-14H,3,15H2,1-2H3,(H,30,32,34)/b20-11-. The van der Waals surface area contributed by atoms with E-state index in [1.54, 1.807) is 31.2 Å². The molecular formula is C27H22Cl2N2O5. The van der Waals surface area contributed by atoms with E-state index in [0.29, 0.717) is 28.7 Å². The zero-order chi connectivity index (χ0) is 25.8. The van der Waals surface area contributed by atoms with Crippen LogP contribution in [0.25, 0.3) is 6.08 Å². The molecule has 0 radical (unpaired) electrons. The molecule has 0 aliphatic carbocycles. The van der Waals surface area contributed by atoms with Crippen LogP contribution in [0.15, 0.2) is 66.2 Å². The molecular weight excluding hydrogens is 503 g/mol. The van der Waals surface area contributed by atoms with Crippen molar-refractivity contribution in [2.45, 2.75) is 20.5 Å². The molecule has 184 valence electrons. The molecule has 0 saturated carbocycles. The van der Waals surface area contributed by atoms with E-state index < -0.39 is 17.8 Å². The van der Waals surface area contributed by atoms with Gasteiger partial charge in [-0.3, -0.25) is 14.9 Å². The summed E-state index contributed by atoms with van der Waals surface area (Å²) in [5, 5.41) is 2.82. The highest BCUT2D eigenvalue weighted by Gasteiger charge is 2.37. The molecule has 0 unspecified atom stereocenters. The van der Waals surface area contributed by atoms with Gasteiger partial charge in [-0.2, -0.15) is 0 Å². The van der Waals surface area contributed by atoms with Gasteiger partial charge in [0.05, 0.1) is 17.3 Å². The molecule has 1 aliphatic rings. The monoisotopic (exact) mass is 524 g/mol. The largest absolute Gasteiger partial charge is 0.490 e. The SMILES string of the molecule is CCOc1cc(/C=C2/C(=O)NC(=O)N(c3ccc(C)c(Cl)c3)C2=O)cc(Cl)c1OCc1ccccc1. The van der Waals surface area contributed by atoms with Gasteiger partial charge in [-0.1, -0.05) is 59.6 Å². The minimum absolute atomic E-state index is 0.240. The highest BCUT2D eigenvalue weighted by molar-refractivity contribution is 6.39. The Morgan fingerprint density at radius 1 is 0.944 bits per heavy atom. The molecule has 3 aromatic carbocycles. The van der Waals surface area contributed by atoms with Gasteiger partial charge in [0.15, 0.2) is 11.5 Å². The van der Waals surface area contributed by atoms with E-state index in [4.69, 9.17) is 32.7 Å². The van der Waals surface area contributed by atoms with Gasteiger partial charge in [0.25, 0.3) is 11.8 Å². The smallest absolute Gasteiger partial charge is 0.335 e. The summed E-state index contributed by atoms with van der Waals surface area (Å²) in [7, 11) is 0. The van der Waals surface area contributed by atoms with Crippen molar-refractivity contribution in [3.63, 3.8) is 0 Å². The van der Waals surface area contributed by atoms with Crippen LogP contribution in [0.1, 0.15) is 23.6 Å². The van der Waals surface area contributed by atoms with E-state index in [0.717, 1.165) is 16.0 Å². The van der Waals surface area contributed by atoms with Crippen LogP contribution in [0.2, 0.25) is 10.0 Å². The molecule has 9 heteroatoms. The molecule has 0 aromatic heterocycles. The lowest BCUT2D eigenvalue weighted by Crippen LogP contribution is -2.54. The highest BCUT2D eigenvalue weighted by atomic mass is 35.5. The Balaban J connectivity index is 1.67. The Kier molecular flexibility index (Phi) is 7.62. The van der Waals surface area contributed by atoms with E-state index in [1.807, 2.05) is 37.3 Å². The topological polar surface area (TPSA) is 84.9 Å². The van der Waals surface area contributed by atoms with E-state index in [2.05, 4.69) is 5.32 Å². The number of anilines is 1. The van der Waals surface area contributed by atoms with Crippen LogP contribution in [0.3, 0.4) is 0 Å². The second kappa shape index (κ2) is 10.8. The normalized spacial score (nSPS) is 14.7. The van der Waals surface area contributed by atoms with Gasteiger partial charge < -0.3 is 9.47 Å². The number of carbonyl (C=O) groups excluding carboxylic acids is 3. The number of ether oxygens (including phenoxy) is 2. The number of hydrogen-bond acceptors (Lipinski definition) is 5. The van der Waals surface area contributed by atoms with E-state index >= 15 is 0 Å². The molecule has 1 saturated heterocycles. The number of benzene rings is 3. The number of nitrogens with one attached hydrogen (secondary N) is 1. The number of imide groups is 2. The average molecular weight is 525 g/mol. The zero-order valence-electron chi connectivity index (χ0n) is 19.5. The number of rotatable bonds is 7. The molecule has 0 spiro atoms. The number of urea groups is 1. The molecule has 1 N–H and O–H groups in total. The van der Waals surface area contributed by atoms with E-state index in [1.165, 1.54) is 12.1 Å². The third-order valence-corrected chi connectivity index (χ3v) is 6.07. The molecule has 4 rings (SSSR count). The summed E-state index contributed by atoms with van der Waals surface area (Å²) < 4.78 is 11.6. The summed E-state index contributed by atoms with van der Waals surface area (Å²) >= 11 is 12.7. The average Bonchev–Trinajstić information content (AvgIpc) is 2.84. The third kappa shape index (κ3) is 5.37. The van der Waals surface area contributed by atoms with Crippen molar-refractivity contribution in [3.05, 3.63) is 93.0 Å². The molecule has 7 nitrogen and oxygen atoms in total. The first-order valence-corrected chi connectivity index (χ1v) is 11.8. The Labute approximate surface area is 218 Å². The number of halogens is 2. The number of nitrogens with zero attached hydrogens (tertiary/aromatic N) is 1. The molecule has 0 bridgehead atoms. The Hall–Kier alpha value is -3.81. The fourth-order valence-corrected chi connectivity index (χ4v) is 4.03. The second-order valence-corrected chi connectivity index (χ2v) is 8.74. The van der Waals surface area contributed by atoms with Crippen molar-refractivity contribution in [1.29, 1.82) is 0 Å². The van der Waals surface area contributed by atoms with Crippen molar-refractivity contribution in [2.75, 3.05) is 11.5 Å². The summed E-state index contributed by atoms with van der Waals surface area (Å²) in [4.78, 5) is 39.1. The fraction of sp³-hybridized carbons (Fsp3) is 0.148. The summed E-state index contributed by atoms with van der Waals surface area (Å²) in [6.45, 7) is 4.23. The fourth-order valence-electron chi connectivity index (χ4n) is 3.58. The van der Waals surface area contributed by atoms with Gasteiger partial charge in [-0.25, -0.2) is 9.69 Å². The number of barbiturate groups is 1. The zero-order valence-corrected chi connectivity index (χ0v) is 21.0. The van der Waals surface area contributed by atoms with Gasteiger partial charge >= 0.3 is 6.03 Å². The molecule has 1 fully saturated rings. The lowest BCUT2D eigenvalue weighted by molar-refractivity contribution is -0.122. The van der Waals surface area contributed by atoms with Crippen LogP contribution >= 0.6 is 23.2 Å². The first-order valence-electron chi connectivity index (χ1n) is 11.1. The molecule has 4 amide bonds. The lowest BCUT2D eigenvalue weighted by Gasteiger charge is -2.26. The first kappa shape index (κ1) is 25.3. The molecule has 0 atom stereocenters. The van der Waals surface area contributed by atoms with Gasteiger partial charge in [0, 0.05) is 5.02 Å². The van der Waals surface area contributed by atoms with Crippen molar-refractivity contribution < 1.29 is 23.9 Å². The van der Waals surface area contributed by atoms with Gasteiger partial charge in [0.1, 0.15) is 12.2 Å². The van der Waals surface area contributed by atoms with Gasteiger partial charge in [-0.15, -0.1) is 0 Å². The Bertz CT molecular complexity index is 1370. The van der Waals surface area contributed by atoms with Crippen molar-refractivity contribution in [3.8, 4) is 11.5 Å². The minimum Gasteiger partial charge on any atom is -0.490 e. The summed E-state index contributed by atoms with van der Waals surface area (Å²) in [6.07, 6.45) is 1.35. The van der Waals surface area contributed by atoms with Crippen LogP contribution in [-0.2, 0) is 16.2 Å². The van der Waals surface area contributed by atoms with Gasteiger partial charge in [-0.05, 0) is 60.9 Å². The van der Waals surface area contributed by atoms with Crippen LogP contribution in [-0.4, -0.2) is 24.5 Å². The highest BCUT2D eigenvalue weighted by Crippen LogP contribution is 2.38. The van der Waals surface area contributed by atoms with Gasteiger partial charge in [0.2, 0.25) is 0 Å². The Morgan fingerprint density at radius 2 is 1.69 bits per heavy atom. The first-order chi connectivity index (χ1) is 17.3. The third-order valence-electron chi connectivity index (χ3n) is 5.38. The summed E-state index contributed by atoms with van der Waals surface area (Å²) in [5.41, 5.74) is 2.15. The van der Waals surface area contributed by atoms with E-state index in [-0.39, 0.29) is 22.9 Å². The summed E-state index contributed by atoms with van der Waals surface area (Å²) in [6, 6.07) is 16.6. The van der Waals surface area contributed by atoms with Crippen LogP contribution in [0.4, 0.5) is 10.5 Å². The molecule has 1 heterocycles. The number of carbonyl (C=O) groups is 3. The predicted octanol–water partition coefficient (Wildman–Crippen LogP) is 5.95. The van der Waals surface area contributed by atoms with Crippen LogP contribution in [0, 0.1) is 6.92 Å². The minimum atomic E-state index is -0.861. The molecule has 1 aliphatic heterocycles. The van der Waals surface area contributed by atoms with Crippen molar-refractivity contribution in [2.24, 2.45) is 0 Å². The summed E-state index contributed by atoms with van der Waals surface area (Å²) in [5.74, 6) is -0.912. The van der Waals surface area contributed by atoms with Crippen molar-refractivity contribution in [1.82, 2.24) is 5.32 Å². The van der Waals surface area contributed by atoms with E-state index in [9.17, 15) is 14.4 Å². The molecule has 36 heavy (non-hydrogen) atoms. The maximum absolute atomic E-state index is 13.2. The van der Waals surface area contributed by atoms with Crippen LogP contribution in [0.5, 0.6) is 11.5 Å². The maximum Gasteiger partial charge on any atom is 0.335 e. The second-order valence-electron chi connectivity index (χ2n) is 7.93. The number of aryl methyl sites for hydroxylation is 1.